The van der Waals surface area contributed by atoms with E-state index in [0.717, 1.165) is 17.5 Å². The quantitative estimate of drug-likeness (QED) is 0.859. The Balaban J connectivity index is 1.86. The maximum atomic E-state index is 12.5. The molecule has 0 spiro atoms. The molecule has 0 aliphatic heterocycles. The maximum Gasteiger partial charge on any atom is 0.181 e. The van der Waals surface area contributed by atoms with E-state index in [1.165, 1.54) is 0 Å². The lowest BCUT2D eigenvalue weighted by molar-refractivity contribution is 0.594. The van der Waals surface area contributed by atoms with Gasteiger partial charge in [-0.05, 0) is 31.0 Å². The molecule has 3 rings (SSSR count). The van der Waals surface area contributed by atoms with Gasteiger partial charge in [-0.2, -0.15) is 0 Å². The molecule has 1 saturated carbocycles. The molecule has 98 valence electrons. The number of hydrogen-bond acceptors (Lipinski definition) is 2. The van der Waals surface area contributed by atoms with Gasteiger partial charge in [0, 0.05) is 5.92 Å². The zero-order valence-electron chi connectivity index (χ0n) is 10.8. The third-order valence-corrected chi connectivity index (χ3v) is 5.96. The van der Waals surface area contributed by atoms with Crippen molar-refractivity contribution in [3.05, 3.63) is 65.7 Å². The Morgan fingerprint density at radius 3 is 2.21 bits per heavy atom. The fraction of sp³-hybridized carbons (Fsp3) is 0.250. The highest BCUT2D eigenvalue weighted by atomic mass is 32.2. The molecule has 2 nitrogen and oxygen atoms in total. The van der Waals surface area contributed by atoms with Gasteiger partial charge in [-0.15, -0.1) is 0 Å². The van der Waals surface area contributed by atoms with Crippen molar-refractivity contribution in [1.82, 2.24) is 0 Å². The smallest absolute Gasteiger partial charge is 0.181 e. The Morgan fingerprint density at radius 2 is 1.58 bits per heavy atom. The SMILES string of the molecule is Cc1ccc(S(=O)(=O)[C@H]2C[C@H]2c2ccccc2)cc1. The van der Waals surface area contributed by atoms with Crippen molar-refractivity contribution < 1.29 is 8.42 Å². The monoisotopic (exact) mass is 272 g/mol. The van der Waals surface area contributed by atoms with Gasteiger partial charge in [-0.1, -0.05) is 48.0 Å². The molecule has 0 N–H and O–H groups in total. The molecule has 2 aromatic carbocycles. The van der Waals surface area contributed by atoms with Gasteiger partial charge < -0.3 is 0 Å². The molecule has 2 aromatic rings. The lowest BCUT2D eigenvalue weighted by Gasteiger charge is -2.04. The number of benzene rings is 2. The minimum Gasteiger partial charge on any atom is -0.223 e. The number of aryl methyl sites for hydroxylation is 1. The Kier molecular flexibility index (Phi) is 2.94. The van der Waals surface area contributed by atoms with Gasteiger partial charge in [0.05, 0.1) is 10.1 Å². The zero-order chi connectivity index (χ0) is 13.5. The molecule has 1 aliphatic carbocycles. The predicted octanol–water partition coefficient (Wildman–Crippen LogP) is 3.32. The number of rotatable bonds is 3. The first-order valence-electron chi connectivity index (χ1n) is 6.44. The fourth-order valence-corrected chi connectivity index (χ4v) is 4.38. The summed E-state index contributed by atoms with van der Waals surface area (Å²) in [6.45, 7) is 1.96. The topological polar surface area (TPSA) is 34.1 Å². The summed E-state index contributed by atoms with van der Waals surface area (Å²) < 4.78 is 25.0. The first kappa shape index (κ1) is 12.4. The molecule has 0 radical (unpaired) electrons. The molecule has 3 heteroatoms. The molecule has 2 atom stereocenters. The second-order valence-electron chi connectivity index (χ2n) is 5.15. The van der Waals surface area contributed by atoms with Crippen molar-refractivity contribution in [2.24, 2.45) is 0 Å². The maximum absolute atomic E-state index is 12.5. The van der Waals surface area contributed by atoms with Crippen molar-refractivity contribution in [3.63, 3.8) is 0 Å². The van der Waals surface area contributed by atoms with Crippen LogP contribution in [0.2, 0.25) is 0 Å². The van der Waals surface area contributed by atoms with E-state index in [1.807, 2.05) is 49.4 Å². The highest BCUT2D eigenvalue weighted by molar-refractivity contribution is 7.92. The van der Waals surface area contributed by atoms with E-state index in [1.54, 1.807) is 12.1 Å². The van der Waals surface area contributed by atoms with Crippen LogP contribution in [0.25, 0.3) is 0 Å². The van der Waals surface area contributed by atoms with Gasteiger partial charge in [0.1, 0.15) is 0 Å². The van der Waals surface area contributed by atoms with E-state index >= 15 is 0 Å². The largest absolute Gasteiger partial charge is 0.223 e. The third-order valence-electron chi connectivity index (χ3n) is 3.71. The molecule has 19 heavy (non-hydrogen) atoms. The van der Waals surface area contributed by atoms with Gasteiger partial charge in [0.2, 0.25) is 0 Å². The summed E-state index contributed by atoms with van der Waals surface area (Å²) >= 11 is 0. The first-order chi connectivity index (χ1) is 9.09. The molecule has 0 saturated heterocycles. The van der Waals surface area contributed by atoms with E-state index in [-0.39, 0.29) is 11.2 Å². The fourth-order valence-electron chi connectivity index (χ4n) is 2.47. The molecule has 1 aliphatic rings. The lowest BCUT2D eigenvalue weighted by atomic mass is 10.1. The van der Waals surface area contributed by atoms with Crippen molar-refractivity contribution in [2.45, 2.75) is 29.4 Å². The van der Waals surface area contributed by atoms with E-state index in [4.69, 9.17) is 0 Å². The van der Waals surface area contributed by atoms with Gasteiger partial charge >= 0.3 is 0 Å². The summed E-state index contributed by atoms with van der Waals surface area (Å²) in [4.78, 5) is 0.446. The van der Waals surface area contributed by atoms with Crippen LogP contribution < -0.4 is 0 Å². The van der Waals surface area contributed by atoms with Crippen LogP contribution in [0.4, 0.5) is 0 Å². The lowest BCUT2D eigenvalue weighted by Crippen LogP contribution is -2.09. The van der Waals surface area contributed by atoms with Crippen LogP contribution in [-0.2, 0) is 9.84 Å². The zero-order valence-corrected chi connectivity index (χ0v) is 11.6. The van der Waals surface area contributed by atoms with Crippen LogP contribution in [-0.4, -0.2) is 13.7 Å². The molecular formula is C16H16O2S. The van der Waals surface area contributed by atoms with Crippen molar-refractivity contribution in [3.8, 4) is 0 Å². The average molecular weight is 272 g/mol. The summed E-state index contributed by atoms with van der Waals surface area (Å²) in [5.41, 5.74) is 2.21. The van der Waals surface area contributed by atoms with Crippen molar-refractivity contribution in [2.75, 3.05) is 0 Å². The number of sulfone groups is 1. The molecule has 0 heterocycles. The summed E-state index contributed by atoms with van der Waals surface area (Å²) in [5.74, 6) is 0.160. The standard InChI is InChI=1S/C16H16O2S/c1-12-7-9-14(10-8-12)19(17,18)16-11-15(16)13-5-3-2-4-6-13/h2-10,15-16H,11H2,1H3/t15-,16-/m0/s1. The average Bonchev–Trinajstić information content (AvgIpc) is 3.21. The molecule has 0 bridgehead atoms. The molecular weight excluding hydrogens is 256 g/mol. The van der Waals surface area contributed by atoms with Crippen molar-refractivity contribution in [1.29, 1.82) is 0 Å². The van der Waals surface area contributed by atoms with E-state index in [0.29, 0.717) is 4.90 Å². The highest BCUT2D eigenvalue weighted by Gasteiger charge is 2.48. The van der Waals surface area contributed by atoms with Gasteiger partial charge in [-0.25, -0.2) is 8.42 Å². The molecule has 0 aromatic heterocycles. The summed E-state index contributed by atoms with van der Waals surface area (Å²) in [6, 6.07) is 17.0. The molecule has 0 amide bonds. The third kappa shape index (κ3) is 2.30. The summed E-state index contributed by atoms with van der Waals surface area (Å²) in [5, 5.41) is -0.252. The number of hydrogen-bond donors (Lipinski definition) is 0. The first-order valence-corrected chi connectivity index (χ1v) is 7.99. The van der Waals surface area contributed by atoms with Gasteiger partial charge in [0.25, 0.3) is 0 Å². The van der Waals surface area contributed by atoms with E-state index in [2.05, 4.69) is 0 Å². The van der Waals surface area contributed by atoms with Crippen LogP contribution in [0.1, 0.15) is 23.5 Å². The summed E-state index contributed by atoms with van der Waals surface area (Å²) in [6.07, 6.45) is 0.736. The molecule has 0 unspecified atom stereocenters. The van der Waals surface area contributed by atoms with Crippen LogP contribution in [0, 0.1) is 6.92 Å². The molecule has 1 fully saturated rings. The summed E-state index contributed by atoms with van der Waals surface area (Å²) in [7, 11) is -3.18. The second kappa shape index (κ2) is 4.49. The second-order valence-corrected chi connectivity index (χ2v) is 7.32. The highest BCUT2D eigenvalue weighted by Crippen LogP contribution is 2.47. The van der Waals surface area contributed by atoms with Crippen LogP contribution in [0.3, 0.4) is 0 Å². The minimum absolute atomic E-state index is 0.160. The predicted molar refractivity (Wildman–Crippen MR) is 76.0 cm³/mol. The Morgan fingerprint density at radius 1 is 0.947 bits per heavy atom. The minimum atomic E-state index is -3.18. The van der Waals surface area contributed by atoms with E-state index < -0.39 is 9.84 Å². The Hall–Kier alpha value is -1.61. The van der Waals surface area contributed by atoms with Crippen LogP contribution >= 0.6 is 0 Å². The van der Waals surface area contributed by atoms with Gasteiger partial charge in [0.15, 0.2) is 9.84 Å². The van der Waals surface area contributed by atoms with E-state index in [9.17, 15) is 8.42 Å². The van der Waals surface area contributed by atoms with Crippen LogP contribution in [0.5, 0.6) is 0 Å². The van der Waals surface area contributed by atoms with Crippen molar-refractivity contribution >= 4 is 9.84 Å². The Bertz CT molecular complexity index is 672. The Labute approximate surface area is 114 Å². The van der Waals surface area contributed by atoms with Crippen LogP contribution in [0.15, 0.2) is 59.5 Å². The normalized spacial score (nSPS) is 22.2. The van der Waals surface area contributed by atoms with Gasteiger partial charge in [-0.3, -0.25) is 0 Å².